The lowest BCUT2D eigenvalue weighted by molar-refractivity contribution is -0.160. The zero-order valence-electron chi connectivity index (χ0n) is 26.3. The van der Waals surface area contributed by atoms with Crippen LogP contribution < -0.4 is 5.32 Å². The van der Waals surface area contributed by atoms with E-state index in [0.717, 1.165) is 5.56 Å². The van der Waals surface area contributed by atoms with E-state index in [9.17, 15) is 24.3 Å². The second-order valence-electron chi connectivity index (χ2n) is 12.3. The molecule has 1 spiro atoms. The topological polar surface area (TPSA) is 125 Å². The molecule has 244 valence electrons. The highest BCUT2D eigenvalue weighted by atomic mass is 16.6. The third-order valence-corrected chi connectivity index (χ3v) is 9.29. The summed E-state index contributed by atoms with van der Waals surface area (Å²) in [4.78, 5) is 58.2. The zero-order valence-corrected chi connectivity index (χ0v) is 26.3. The monoisotopic (exact) mass is 629 g/mol. The number of nitrogens with one attached hydrogen (secondary N) is 1. The minimum Gasteiger partial charge on any atom is -0.460 e. The number of ether oxygens (including phenoxy) is 2. The Labute approximate surface area is 270 Å². The first kappa shape index (κ1) is 33.1. The molecule has 0 unspecified atom stereocenters. The van der Waals surface area contributed by atoms with E-state index >= 15 is 0 Å². The minimum absolute atomic E-state index is 0.119. The third kappa shape index (κ3) is 6.37. The second-order valence-corrected chi connectivity index (χ2v) is 12.3. The lowest BCUT2D eigenvalue weighted by atomic mass is 9.70. The number of hydrogen-bond acceptors (Lipinski definition) is 7. The van der Waals surface area contributed by atoms with Crippen LogP contribution in [0.4, 0.5) is 0 Å². The van der Waals surface area contributed by atoms with Gasteiger partial charge >= 0.3 is 5.97 Å². The van der Waals surface area contributed by atoms with Crippen LogP contribution in [0.3, 0.4) is 0 Å². The smallest absolute Gasteiger partial charge is 0.312 e. The van der Waals surface area contributed by atoms with E-state index in [1.807, 2.05) is 60.7 Å². The van der Waals surface area contributed by atoms with Crippen molar-refractivity contribution in [3.8, 4) is 0 Å². The number of nitrogens with zero attached hydrogens (tertiary/aromatic N) is 2. The van der Waals surface area contributed by atoms with Gasteiger partial charge in [0, 0.05) is 19.5 Å². The maximum absolute atomic E-state index is 14.7. The lowest BCUT2D eigenvalue weighted by Crippen LogP contribution is -2.57. The van der Waals surface area contributed by atoms with Crippen LogP contribution in [0.15, 0.2) is 86.0 Å². The van der Waals surface area contributed by atoms with Crippen LogP contribution in [0, 0.1) is 11.8 Å². The predicted molar refractivity (Wildman–Crippen MR) is 171 cm³/mol. The Morgan fingerprint density at radius 3 is 2.48 bits per heavy atom. The Kier molecular flexibility index (Phi) is 10.4. The van der Waals surface area contributed by atoms with E-state index < -0.39 is 60.2 Å². The van der Waals surface area contributed by atoms with Gasteiger partial charge in [-0.1, -0.05) is 72.8 Å². The number of aliphatic hydroxyl groups is 1. The molecule has 0 aromatic heterocycles. The van der Waals surface area contributed by atoms with Crippen molar-refractivity contribution < 1.29 is 33.8 Å². The Bertz CT molecular complexity index is 1430. The molecule has 5 rings (SSSR count). The fourth-order valence-electron chi connectivity index (χ4n) is 7.27. The molecular formula is C36H43N3O7. The van der Waals surface area contributed by atoms with Gasteiger partial charge in [-0.3, -0.25) is 19.2 Å². The molecule has 2 N–H and O–H groups in total. The van der Waals surface area contributed by atoms with E-state index in [0.29, 0.717) is 24.8 Å². The summed E-state index contributed by atoms with van der Waals surface area (Å²) in [6.45, 7) is 9.36. The van der Waals surface area contributed by atoms with Gasteiger partial charge in [0.1, 0.15) is 17.7 Å². The number of amides is 3. The highest BCUT2D eigenvalue weighted by Crippen LogP contribution is 2.60. The summed E-state index contributed by atoms with van der Waals surface area (Å²) in [6.07, 6.45) is 3.75. The molecule has 3 amide bonds. The van der Waals surface area contributed by atoms with E-state index in [1.54, 1.807) is 24.0 Å². The highest BCUT2D eigenvalue weighted by molar-refractivity contribution is 5.98. The molecule has 3 heterocycles. The van der Waals surface area contributed by atoms with Gasteiger partial charge in [-0.2, -0.15) is 0 Å². The third-order valence-electron chi connectivity index (χ3n) is 9.29. The SMILES string of the molecule is C=CCCC(=O)NC[C@@H](C)OC(=O)[C@@H]1[C@H]2C(=O)N([C@H](CO)c3ccccc3)[C@H](C(=O)N(CC=C)Cc3ccccc3)[C@]23CC[C@H]1O3. The molecule has 0 aliphatic carbocycles. The molecule has 3 fully saturated rings. The molecule has 3 aliphatic heterocycles. The van der Waals surface area contributed by atoms with Gasteiger partial charge in [0.2, 0.25) is 17.7 Å². The van der Waals surface area contributed by atoms with Crippen molar-refractivity contribution in [2.75, 3.05) is 19.7 Å². The van der Waals surface area contributed by atoms with Crippen LogP contribution in [0.2, 0.25) is 0 Å². The molecule has 3 aliphatic rings. The van der Waals surface area contributed by atoms with E-state index in [2.05, 4.69) is 18.5 Å². The van der Waals surface area contributed by atoms with Crippen molar-refractivity contribution in [2.24, 2.45) is 11.8 Å². The van der Waals surface area contributed by atoms with Crippen LogP contribution in [0.5, 0.6) is 0 Å². The molecule has 0 saturated carbocycles. The lowest BCUT2D eigenvalue weighted by Gasteiger charge is -2.39. The number of hydrogen-bond donors (Lipinski definition) is 2. The Morgan fingerprint density at radius 2 is 1.83 bits per heavy atom. The van der Waals surface area contributed by atoms with Crippen molar-refractivity contribution in [3.63, 3.8) is 0 Å². The number of carbonyl (C=O) groups excluding carboxylic acids is 4. The first-order valence-corrected chi connectivity index (χ1v) is 15.9. The van der Waals surface area contributed by atoms with E-state index in [1.165, 1.54) is 4.90 Å². The van der Waals surface area contributed by atoms with Crippen LogP contribution in [-0.2, 0) is 35.2 Å². The number of aliphatic hydroxyl groups excluding tert-OH is 1. The predicted octanol–water partition coefficient (Wildman–Crippen LogP) is 3.32. The van der Waals surface area contributed by atoms with Crippen LogP contribution in [0.1, 0.15) is 49.8 Å². The standard InChI is InChI=1S/C36H43N3O7/c1-4-6-17-29(41)37-21-24(3)45-35(44)30-28-18-19-36(46-28)31(30)33(42)39(27(23-40)26-15-11-8-12-16-26)32(36)34(43)38(20-5-2)22-25-13-9-7-10-14-25/h4-5,7-16,24,27-28,30-32,40H,1-2,6,17-23H2,3H3,(H,37,41)/t24-,27-,28-,30+,31+,32-,36+/m1/s1. The normalized spacial score (nSPS) is 25.8. The average molecular weight is 630 g/mol. The van der Waals surface area contributed by atoms with Crippen LogP contribution in [0.25, 0.3) is 0 Å². The van der Waals surface area contributed by atoms with Crippen LogP contribution in [-0.4, -0.2) is 82.1 Å². The summed E-state index contributed by atoms with van der Waals surface area (Å²) in [5, 5.41) is 13.5. The summed E-state index contributed by atoms with van der Waals surface area (Å²) >= 11 is 0. The molecule has 2 aromatic rings. The van der Waals surface area contributed by atoms with Crippen molar-refractivity contribution in [3.05, 3.63) is 97.1 Å². The molecule has 46 heavy (non-hydrogen) atoms. The number of rotatable bonds is 15. The molecule has 10 heteroatoms. The van der Waals surface area contributed by atoms with Crippen molar-refractivity contribution in [1.29, 1.82) is 0 Å². The first-order chi connectivity index (χ1) is 22.2. The maximum Gasteiger partial charge on any atom is 0.312 e. The van der Waals surface area contributed by atoms with Gasteiger partial charge < -0.3 is 29.7 Å². The highest BCUT2D eigenvalue weighted by Gasteiger charge is 2.75. The molecule has 3 saturated heterocycles. The van der Waals surface area contributed by atoms with Gasteiger partial charge in [-0.15, -0.1) is 13.2 Å². The Balaban J connectivity index is 1.47. The fraction of sp³-hybridized carbons (Fsp3) is 0.444. The summed E-state index contributed by atoms with van der Waals surface area (Å²) < 4.78 is 12.4. The van der Waals surface area contributed by atoms with E-state index in [4.69, 9.17) is 9.47 Å². The fourth-order valence-corrected chi connectivity index (χ4v) is 7.27. The molecule has 10 nitrogen and oxygen atoms in total. The second kappa shape index (κ2) is 14.4. The number of allylic oxidation sites excluding steroid dienone is 1. The largest absolute Gasteiger partial charge is 0.460 e. The van der Waals surface area contributed by atoms with Gasteiger partial charge in [-0.05, 0) is 37.3 Å². The molecule has 2 aromatic carbocycles. The zero-order chi connectivity index (χ0) is 32.8. The number of esters is 1. The number of fused-ring (bicyclic) bond motifs is 1. The Hall–Kier alpha value is -4.28. The van der Waals surface area contributed by atoms with Gasteiger partial charge in [0.05, 0.1) is 37.1 Å². The molecule has 0 radical (unpaired) electrons. The quantitative estimate of drug-likeness (QED) is 0.229. The first-order valence-electron chi connectivity index (χ1n) is 15.9. The van der Waals surface area contributed by atoms with Gasteiger partial charge in [0.15, 0.2) is 0 Å². The summed E-state index contributed by atoms with van der Waals surface area (Å²) in [5.41, 5.74) is 0.302. The number of likely N-dealkylation sites (tertiary alicyclic amines) is 1. The van der Waals surface area contributed by atoms with E-state index in [-0.39, 0.29) is 37.9 Å². The van der Waals surface area contributed by atoms with Gasteiger partial charge in [0.25, 0.3) is 0 Å². The minimum atomic E-state index is -1.27. The number of benzene rings is 2. The molecule has 2 bridgehead atoms. The average Bonchev–Trinajstić information content (AvgIpc) is 3.71. The van der Waals surface area contributed by atoms with Crippen molar-refractivity contribution in [1.82, 2.24) is 15.1 Å². The summed E-state index contributed by atoms with van der Waals surface area (Å²) in [6, 6.07) is 16.7. The van der Waals surface area contributed by atoms with Crippen LogP contribution >= 0.6 is 0 Å². The van der Waals surface area contributed by atoms with Crippen molar-refractivity contribution in [2.45, 2.75) is 69.0 Å². The number of carbonyl (C=O) groups is 4. The van der Waals surface area contributed by atoms with Crippen molar-refractivity contribution >= 4 is 23.7 Å². The molecular weight excluding hydrogens is 586 g/mol. The maximum atomic E-state index is 14.7. The van der Waals surface area contributed by atoms with Gasteiger partial charge in [-0.25, -0.2) is 0 Å². The summed E-state index contributed by atoms with van der Waals surface area (Å²) in [7, 11) is 0. The molecule has 7 atom stereocenters. The Morgan fingerprint density at radius 1 is 1.13 bits per heavy atom. The summed E-state index contributed by atoms with van der Waals surface area (Å²) in [5.74, 6) is -3.44.